The van der Waals surface area contributed by atoms with Crippen LogP contribution in [0.4, 0.5) is 13.2 Å². The summed E-state index contributed by atoms with van der Waals surface area (Å²) in [5.74, 6) is 0.897. The monoisotopic (exact) mass is 419 g/mol. The lowest BCUT2D eigenvalue weighted by molar-refractivity contribution is -0.137. The molecule has 0 aliphatic rings. The summed E-state index contributed by atoms with van der Waals surface area (Å²) in [6.07, 6.45) is -3.89. The minimum atomic E-state index is -4.56. The van der Waals surface area contributed by atoms with Gasteiger partial charge in [-0.1, -0.05) is 29.8 Å². The summed E-state index contributed by atoms with van der Waals surface area (Å²) in [5.41, 5.74) is 1.15. The van der Waals surface area contributed by atoms with Crippen LogP contribution in [0.25, 0.3) is 22.4 Å². The number of H-pyrrole nitrogens is 1. The number of halogens is 4. The Morgan fingerprint density at radius 1 is 1.07 bits per heavy atom. The number of rotatable bonds is 4. The van der Waals surface area contributed by atoms with Crippen molar-refractivity contribution in [1.82, 2.24) is 15.0 Å². The van der Waals surface area contributed by atoms with Crippen LogP contribution in [0.3, 0.4) is 0 Å². The van der Waals surface area contributed by atoms with Crippen molar-refractivity contribution in [1.29, 1.82) is 0 Å². The van der Waals surface area contributed by atoms with E-state index in [2.05, 4.69) is 15.0 Å². The number of para-hydroxylation sites is 3. The molecule has 1 N–H and O–H groups in total. The van der Waals surface area contributed by atoms with E-state index in [-0.39, 0.29) is 16.7 Å². The Kier molecular flexibility index (Phi) is 4.79. The lowest BCUT2D eigenvalue weighted by atomic mass is 10.1. The molecule has 0 unspecified atom stereocenters. The average Bonchev–Trinajstić information content (AvgIpc) is 3.12. The van der Waals surface area contributed by atoms with E-state index in [4.69, 9.17) is 21.1 Å². The molecule has 0 saturated heterocycles. The second-order valence-electron chi connectivity index (χ2n) is 6.05. The van der Waals surface area contributed by atoms with Crippen molar-refractivity contribution in [3.05, 3.63) is 65.3 Å². The lowest BCUT2D eigenvalue weighted by Crippen LogP contribution is -2.06. The number of pyridine rings is 1. The van der Waals surface area contributed by atoms with Crippen LogP contribution in [0.1, 0.15) is 5.56 Å². The number of nitrogens with one attached hydrogen (secondary N) is 1. The summed E-state index contributed by atoms with van der Waals surface area (Å²) in [6, 6.07) is 13.4. The Balaban J connectivity index is 1.79. The van der Waals surface area contributed by atoms with Crippen LogP contribution < -0.4 is 9.47 Å². The van der Waals surface area contributed by atoms with Gasteiger partial charge in [0.1, 0.15) is 10.8 Å². The minimum Gasteiger partial charge on any atom is -0.493 e. The number of ether oxygens (including phenoxy) is 2. The molecule has 0 amide bonds. The van der Waals surface area contributed by atoms with E-state index in [0.29, 0.717) is 23.3 Å². The van der Waals surface area contributed by atoms with Crippen LogP contribution in [0.15, 0.2) is 54.7 Å². The number of hydrogen-bond donors (Lipinski definition) is 1. The van der Waals surface area contributed by atoms with E-state index in [9.17, 15) is 13.2 Å². The highest BCUT2D eigenvalue weighted by Gasteiger charge is 2.32. The van der Waals surface area contributed by atoms with E-state index < -0.39 is 11.7 Å². The largest absolute Gasteiger partial charge is 0.493 e. The highest BCUT2D eigenvalue weighted by molar-refractivity contribution is 6.31. The standard InChI is InChI=1S/C20H13ClF3N3O2/c1-28-16-8-4-5-12(18-26-14-6-2-3-7-15(14)27-18)17(16)29-19-13(21)9-11(10-25-19)20(22,23)24/h2-10H,1H3,(H,26,27). The number of methoxy groups -OCH3 is 1. The molecule has 4 aromatic rings. The molecule has 4 rings (SSSR count). The smallest absolute Gasteiger partial charge is 0.417 e. The molecule has 0 spiro atoms. The number of alkyl halides is 3. The fraction of sp³-hybridized carbons (Fsp3) is 0.100. The van der Waals surface area contributed by atoms with Crippen LogP contribution in [0, 0.1) is 0 Å². The van der Waals surface area contributed by atoms with Crippen molar-refractivity contribution >= 4 is 22.6 Å². The van der Waals surface area contributed by atoms with Crippen molar-refractivity contribution < 1.29 is 22.6 Å². The molecule has 5 nitrogen and oxygen atoms in total. The van der Waals surface area contributed by atoms with Gasteiger partial charge in [0.2, 0.25) is 5.88 Å². The molecule has 0 bridgehead atoms. The third kappa shape index (κ3) is 3.71. The first-order valence-electron chi connectivity index (χ1n) is 8.39. The first-order chi connectivity index (χ1) is 13.9. The first kappa shape index (κ1) is 19.1. The van der Waals surface area contributed by atoms with Gasteiger partial charge < -0.3 is 14.5 Å². The molecule has 29 heavy (non-hydrogen) atoms. The fourth-order valence-corrected chi connectivity index (χ4v) is 3.01. The number of hydrogen-bond acceptors (Lipinski definition) is 4. The van der Waals surface area contributed by atoms with Gasteiger partial charge in [0.15, 0.2) is 11.5 Å². The molecule has 0 saturated carbocycles. The second kappa shape index (κ2) is 7.29. The molecule has 2 heterocycles. The van der Waals surface area contributed by atoms with Gasteiger partial charge in [-0.2, -0.15) is 13.2 Å². The van der Waals surface area contributed by atoms with Crippen molar-refractivity contribution in [2.45, 2.75) is 6.18 Å². The lowest BCUT2D eigenvalue weighted by Gasteiger charge is -2.14. The fourth-order valence-electron chi connectivity index (χ4n) is 2.80. The molecule has 0 fully saturated rings. The van der Waals surface area contributed by atoms with Crippen molar-refractivity contribution in [2.75, 3.05) is 7.11 Å². The summed E-state index contributed by atoms with van der Waals surface area (Å²) in [6.45, 7) is 0. The maximum absolute atomic E-state index is 12.9. The van der Waals surface area contributed by atoms with E-state index in [1.807, 2.05) is 24.3 Å². The number of aromatic nitrogens is 3. The van der Waals surface area contributed by atoms with Gasteiger partial charge in [-0.15, -0.1) is 0 Å². The van der Waals surface area contributed by atoms with Gasteiger partial charge in [0, 0.05) is 6.20 Å². The van der Waals surface area contributed by atoms with E-state index in [0.717, 1.165) is 17.1 Å². The van der Waals surface area contributed by atoms with E-state index >= 15 is 0 Å². The first-order valence-corrected chi connectivity index (χ1v) is 8.77. The molecule has 2 aromatic heterocycles. The van der Waals surface area contributed by atoms with Gasteiger partial charge in [-0.3, -0.25) is 0 Å². The maximum Gasteiger partial charge on any atom is 0.417 e. The summed E-state index contributed by atoms with van der Waals surface area (Å²) >= 11 is 5.99. The van der Waals surface area contributed by atoms with Crippen molar-refractivity contribution in [3.8, 4) is 28.8 Å². The Labute approximate surface area is 168 Å². The topological polar surface area (TPSA) is 60.0 Å². The number of aromatic amines is 1. The minimum absolute atomic E-state index is 0.179. The number of imidazole rings is 1. The van der Waals surface area contributed by atoms with Gasteiger partial charge in [0.25, 0.3) is 0 Å². The molecule has 0 aliphatic heterocycles. The Bertz CT molecular complexity index is 1160. The number of fused-ring (bicyclic) bond motifs is 1. The zero-order valence-electron chi connectivity index (χ0n) is 14.9. The zero-order chi connectivity index (χ0) is 20.6. The van der Waals surface area contributed by atoms with Crippen molar-refractivity contribution in [2.24, 2.45) is 0 Å². The van der Waals surface area contributed by atoms with Crippen LogP contribution in [0.2, 0.25) is 5.02 Å². The van der Waals surface area contributed by atoms with Crippen molar-refractivity contribution in [3.63, 3.8) is 0 Å². The third-order valence-electron chi connectivity index (χ3n) is 4.18. The predicted octanol–water partition coefficient (Wildman–Crippen LogP) is 6.10. The highest BCUT2D eigenvalue weighted by atomic mass is 35.5. The predicted molar refractivity (Wildman–Crippen MR) is 102 cm³/mol. The second-order valence-corrected chi connectivity index (χ2v) is 6.46. The van der Waals surface area contributed by atoms with Gasteiger partial charge in [0.05, 0.1) is 29.3 Å². The summed E-state index contributed by atoms with van der Waals surface area (Å²) < 4.78 is 49.7. The van der Waals surface area contributed by atoms with Crippen LogP contribution in [-0.2, 0) is 6.18 Å². The number of benzene rings is 2. The Morgan fingerprint density at radius 3 is 2.55 bits per heavy atom. The summed E-state index contributed by atoms with van der Waals surface area (Å²) in [4.78, 5) is 11.5. The summed E-state index contributed by atoms with van der Waals surface area (Å²) in [7, 11) is 1.45. The maximum atomic E-state index is 12.9. The quantitative estimate of drug-likeness (QED) is 0.434. The summed E-state index contributed by atoms with van der Waals surface area (Å²) in [5, 5.41) is -0.277. The van der Waals surface area contributed by atoms with Gasteiger partial charge in [-0.05, 0) is 30.3 Å². The molecular formula is C20H13ClF3N3O2. The molecule has 148 valence electrons. The zero-order valence-corrected chi connectivity index (χ0v) is 15.7. The van der Waals surface area contributed by atoms with Crippen LogP contribution in [0.5, 0.6) is 17.4 Å². The van der Waals surface area contributed by atoms with Crippen LogP contribution >= 0.6 is 11.6 Å². The van der Waals surface area contributed by atoms with E-state index in [1.54, 1.807) is 18.2 Å². The Morgan fingerprint density at radius 2 is 1.86 bits per heavy atom. The molecule has 2 aromatic carbocycles. The van der Waals surface area contributed by atoms with Gasteiger partial charge in [-0.25, -0.2) is 9.97 Å². The van der Waals surface area contributed by atoms with E-state index in [1.165, 1.54) is 7.11 Å². The SMILES string of the molecule is COc1cccc(-c2nc3ccccc3[nH]2)c1Oc1ncc(C(F)(F)F)cc1Cl. The molecule has 0 radical (unpaired) electrons. The third-order valence-corrected chi connectivity index (χ3v) is 4.45. The number of nitrogens with zero attached hydrogens (tertiary/aromatic N) is 2. The van der Waals surface area contributed by atoms with Crippen LogP contribution in [-0.4, -0.2) is 22.1 Å². The normalized spacial score (nSPS) is 11.6. The highest BCUT2D eigenvalue weighted by Crippen LogP contribution is 2.42. The molecule has 0 atom stereocenters. The molecule has 9 heteroatoms. The average molecular weight is 420 g/mol. The molecule has 0 aliphatic carbocycles. The van der Waals surface area contributed by atoms with Gasteiger partial charge >= 0.3 is 6.18 Å². The Hall–Kier alpha value is -3.26. The molecular weight excluding hydrogens is 407 g/mol.